The Kier molecular flexibility index (Phi) is 2.75. The van der Waals surface area contributed by atoms with Crippen molar-refractivity contribution in [2.24, 2.45) is 0 Å². The first-order chi connectivity index (χ1) is 6.50. The van der Waals surface area contributed by atoms with E-state index in [1.165, 1.54) is 6.92 Å². The van der Waals surface area contributed by atoms with Crippen LogP contribution in [0.4, 0.5) is 22.0 Å². The van der Waals surface area contributed by atoms with Gasteiger partial charge in [-0.2, -0.15) is 0 Å². The van der Waals surface area contributed by atoms with Crippen LogP contribution in [0.3, 0.4) is 0 Å². The number of rotatable bonds is 0. The van der Waals surface area contributed by atoms with Gasteiger partial charge in [-0.15, -0.1) is 5.92 Å². The van der Waals surface area contributed by atoms with Crippen LogP contribution in [0.25, 0.3) is 0 Å². The maximum Gasteiger partial charge on any atom is 0.200 e. The lowest BCUT2D eigenvalue weighted by Crippen LogP contribution is -2.04. The monoisotopic (exact) mass is 206 g/mol. The van der Waals surface area contributed by atoms with Gasteiger partial charge >= 0.3 is 0 Å². The van der Waals surface area contributed by atoms with Crippen LogP contribution in [0.1, 0.15) is 12.5 Å². The summed E-state index contributed by atoms with van der Waals surface area (Å²) >= 11 is 0. The maximum absolute atomic E-state index is 12.8. The molecule has 0 aliphatic rings. The molecular formula is C9H3F5. The molecule has 0 aliphatic heterocycles. The van der Waals surface area contributed by atoms with Crippen molar-refractivity contribution >= 4 is 0 Å². The van der Waals surface area contributed by atoms with Crippen LogP contribution < -0.4 is 0 Å². The van der Waals surface area contributed by atoms with Crippen molar-refractivity contribution < 1.29 is 22.0 Å². The minimum Gasteiger partial charge on any atom is -0.202 e. The Balaban J connectivity index is 3.65. The molecule has 0 aromatic heterocycles. The third-order valence-electron chi connectivity index (χ3n) is 1.46. The summed E-state index contributed by atoms with van der Waals surface area (Å²) in [6.07, 6.45) is 0. The quantitative estimate of drug-likeness (QED) is 0.265. The second kappa shape index (κ2) is 3.66. The Labute approximate surface area is 76.4 Å². The van der Waals surface area contributed by atoms with Crippen LogP contribution in [-0.4, -0.2) is 0 Å². The molecule has 0 unspecified atom stereocenters. The van der Waals surface area contributed by atoms with Crippen molar-refractivity contribution in [2.75, 3.05) is 0 Å². The summed E-state index contributed by atoms with van der Waals surface area (Å²) in [6.45, 7) is 1.22. The standard InChI is InChI=1S/C9H3F5/c1-2-3-4-5(10)7(12)9(14)8(13)6(4)11/h1H3. The van der Waals surface area contributed by atoms with Crippen molar-refractivity contribution in [1.29, 1.82) is 0 Å². The van der Waals surface area contributed by atoms with E-state index in [0.717, 1.165) is 0 Å². The largest absolute Gasteiger partial charge is 0.202 e. The Morgan fingerprint density at radius 3 is 1.43 bits per heavy atom. The zero-order chi connectivity index (χ0) is 10.9. The van der Waals surface area contributed by atoms with E-state index in [2.05, 4.69) is 5.92 Å². The van der Waals surface area contributed by atoms with Gasteiger partial charge in [-0.25, -0.2) is 22.0 Å². The predicted molar refractivity (Wildman–Crippen MR) is 38.8 cm³/mol. The molecule has 0 saturated carbocycles. The second-order valence-corrected chi connectivity index (χ2v) is 2.32. The molecule has 0 bridgehead atoms. The molecule has 74 valence electrons. The molecule has 5 heteroatoms. The Bertz CT molecular complexity index is 410. The van der Waals surface area contributed by atoms with Crippen LogP contribution in [0.2, 0.25) is 0 Å². The fraction of sp³-hybridized carbons (Fsp3) is 0.111. The maximum atomic E-state index is 12.8. The summed E-state index contributed by atoms with van der Waals surface area (Å²) in [4.78, 5) is 0. The van der Waals surface area contributed by atoms with Crippen LogP contribution in [0.5, 0.6) is 0 Å². The van der Waals surface area contributed by atoms with Crippen LogP contribution in [0.15, 0.2) is 0 Å². The van der Waals surface area contributed by atoms with Gasteiger partial charge in [-0.3, -0.25) is 0 Å². The van der Waals surface area contributed by atoms with E-state index in [-0.39, 0.29) is 0 Å². The van der Waals surface area contributed by atoms with Gasteiger partial charge in [0.15, 0.2) is 23.3 Å². The lowest BCUT2D eigenvalue weighted by Gasteiger charge is -2.01. The van der Waals surface area contributed by atoms with E-state index in [4.69, 9.17) is 0 Å². The molecule has 0 atom stereocenters. The van der Waals surface area contributed by atoms with Crippen LogP contribution in [0, 0.1) is 40.9 Å². The number of hydrogen-bond donors (Lipinski definition) is 0. The molecule has 1 rings (SSSR count). The molecular weight excluding hydrogens is 203 g/mol. The normalized spacial score (nSPS) is 9.57. The molecule has 0 aliphatic carbocycles. The number of halogens is 5. The minimum atomic E-state index is -2.18. The van der Waals surface area contributed by atoms with Crippen molar-refractivity contribution in [3.8, 4) is 11.8 Å². The molecule has 0 nitrogen and oxygen atoms in total. The minimum absolute atomic E-state index is 1.11. The van der Waals surface area contributed by atoms with E-state index >= 15 is 0 Å². The molecule has 0 N–H and O–H groups in total. The zero-order valence-corrected chi connectivity index (χ0v) is 6.89. The van der Waals surface area contributed by atoms with E-state index in [1.807, 2.05) is 0 Å². The van der Waals surface area contributed by atoms with E-state index in [9.17, 15) is 22.0 Å². The molecule has 0 spiro atoms. The third kappa shape index (κ3) is 1.43. The van der Waals surface area contributed by atoms with Gasteiger partial charge in [0.2, 0.25) is 5.82 Å². The third-order valence-corrected chi connectivity index (χ3v) is 1.46. The molecule has 0 fully saturated rings. The molecule has 1 aromatic carbocycles. The fourth-order valence-electron chi connectivity index (χ4n) is 0.840. The number of hydrogen-bond acceptors (Lipinski definition) is 0. The second-order valence-electron chi connectivity index (χ2n) is 2.32. The summed E-state index contributed by atoms with van der Waals surface area (Å²) in [5.74, 6) is -6.10. The van der Waals surface area contributed by atoms with E-state index in [0.29, 0.717) is 0 Å². The lowest BCUT2D eigenvalue weighted by atomic mass is 10.1. The lowest BCUT2D eigenvalue weighted by molar-refractivity contribution is 0.376. The number of benzene rings is 1. The van der Waals surface area contributed by atoms with Gasteiger partial charge in [-0.05, 0) is 6.92 Å². The molecule has 1 aromatic rings. The average Bonchev–Trinajstić information content (AvgIpc) is 2.19. The first-order valence-corrected chi connectivity index (χ1v) is 3.44. The first kappa shape index (κ1) is 10.5. The first-order valence-electron chi connectivity index (χ1n) is 3.44. The Hall–Kier alpha value is -1.57. The van der Waals surface area contributed by atoms with Gasteiger partial charge < -0.3 is 0 Å². The highest BCUT2D eigenvalue weighted by Crippen LogP contribution is 2.21. The summed E-state index contributed by atoms with van der Waals surface area (Å²) in [7, 11) is 0. The summed E-state index contributed by atoms with van der Waals surface area (Å²) in [6, 6.07) is 0. The predicted octanol–water partition coefficient (Wildman–Crippen LogP) is 2.75. The Morgan fingerprint density at radius 2 is 1.07 bits per heavy atom. The molecule has 0 saturated heterocycles. The fourth-order valence-corrected chi connectivity index (χ4v) is 0.840. The van der Waals surface area contributed by atoms with E-state index < -0.39 is 34.6 Å². The van der Waals surface area contributed by atoms with Crippen LogP contribution >= 0.6 is 0 Å². The average molecular weight is 206 g/mol. The molecule has 0 radical (unpaired) electrons. The summed E-state index contributed by atoms with van der Waals surface area (Å²) in [5, 5.41) is 0. The van der Waals surface area contributed by atoms with Gasteiger partial charge in [0.1, 0.15) is 5.56 Å². The zero-order valence-electron chi connectivity index (χ0n) is 6.89. The highest BCUT2D eigenvalue weighted by Gasteiger charge is 2.24. The molecule has 0 amide bonds. The van der Waals surface area contributed by atoms with E-state index in [1.54, 1.807) is 5.92 Å². The van der Waals surface area contributed by atoms with Gasteiger partial charge in [0.25, 0.3) is 0 Å². The molecule has 14 heavy (non-hydrogen) atoms. The topological polar surface area (TPSA) is 0 Å². The van der Waals surface area contributed by atoms with Crippen molar-refractivity contribution in [1.82, 2.24) is 0 Å². The van der Waals surface area contributed by atoms with Crippen molar-refractivity contribution in [3.63, 3.8) is 0 Å². The van der Waals surface area contributed by atoms with Gasteiger partial charge in [0, 0.05) is 0 Å². The summed E-state index contributed by atoms with van der Waals surface area (Å²) < 4.78 is 63.0. The van der Waals surface area contributed by atoms with Crippen LogP contribution in [-0.2, 0) is 0 Å². The highest BCUT2D eigenvalue weighted by atomic mass is 19.2. The van der Waals surface area contributed by atoms with Gasteiger partial charge in [0.05, 0.1) is 0 Å². The van der Waals surface area contributed by atoms with Crippen molar-refractivity contribution in [3.05, 3.63) is 34.6 Å². The van der Waals surface area contributed by atoms with Crippen molar-refractivity contribution in [2.45, 2.75) is 6.92 Å². The Morgan fingerprint density at radius 1 is 0.714 bits per heavy atom. The SMILES string of the molecule is CC#Cc1c(F)c(F)c(F)c(F)c1F. The smallest absolute Gasteiger partial charge is 0.200 e. The molecule has 0 heterocycles. The highest BCUT2D eigenvalue weighted by molar-refractivity contribution is 5.38. The van der Waals surface area contributed by atoms with Gasteiger partial charge in [-0.1, -0.05) is 5.92 Å². The summed E-state index contributed by atoms with van der Waals surface area (Å²) in [5.41, 5.74) is -1.11.